The van der Waals surface area contributed by atoms with Gasteiger partial charge in [-0.05, 0) is 25.1 Å². The van der Waals surface area contributed by atoms with E-state index in [2.05, 4.69) is 4.90 Å². The largest absolute Gasteiger partial charge is 0.481 e. The van der Waals surface area contributed by atoms with Gasteiger partial charge in [-0.2, -0.15) is 0 Å². The first kappa shape index (κ1) is 25.8. The number of methoxy groups -OCH3 is 1. The summed E-state index contributed by atoms with van der Waals surface area (Å²) in [6.45, 7) is 4.85. The molecular formula is C24H35N5O5. The topological polar surface area (TPSA) is 134 Å². The molecule has 4 N–H and O–H groups in total. The summed E-state index contributed by atoms with van der Waals surface area (Å²) in [7, 11) is 3.48. The van der Waals surface area contributed by atoms with Crippen molar-refractivity contribution in [1.82, 2.24) is 14.9 Å². The molecule has 10 heteroatoms. The van der Waals surface area contributed by atoms with Gasteiger partial charge in [0, 0.05) is 32.3 Å². The highest BCUT2D eigenvalue weighted by Gasteiger charge is 2.29. The maximum Gasteiger partial charge on any atom is 0.306 e. The fraction of sp³-hybridized carbons (Fsp3) is 0.542. The Bertz CT molecular complexity index is 967. The Balaban J connectivity index is 2.15. The number of ether oxygens (including phenoxy) is 2. The second-order valence-corrected chi connectivity index (χ2v) is 8.60. The van der Waals surface area contributed by atoms with Crippen molar-refractivity contribution >= 4 is 17.6 Å². The number of anilines is 2. The molecule has 0 saturated carbocycles. The second-order valence-electron chi connectivity index (χ2n) is 8.60. The van der Waals surface area contributed by atoms with Crippen LogP contribution in [0.2, 0.25) is 0 Å². The molecule has 0 radical (unpaired) electrons. The van der Waals surface area contributed by atoms with Gasteiger partial charge in [0.2, 0.25) is 5.95 Å². The summed E-state index contributed by atoms with van der Waals surface area (Å²) < 4.78 is 10.8. The Morgan fingerprint density at radius 1 is 1.32 bits per heavy atom. The van der Waals surface area contributed by atoms with Gasteiger partial charge in [-0.3, -0.25) is 9.69 Å². The van der Waals surface area contributed by atoms with Crippen LogP contribution in [0.1, 0.15) is 30.6 Å². The van der Waals surface area contributed by atoms with Crippen LogP contribution in [0.3, 0.4) is 0 Å². The number of aliphatic carboxylic acids is 1. The van der Waals surface area contributed by atoms with Gasteiger partial charge in [0.25, 0.3) is 0 Å². The van der Waals surface area contributed by atoms with E-state index in [1.807, 2.05) is 36.2 Å². The second kappa shape index (κ2) is 12.1. The molecule has 0 amide bonds. The number of morpholine rings is 1. The Kier molecular flexibility index (Phi) is 9.17. The summed E-state index contributed by atoms with van der Waals surface area (Å²) >= 11 is 0. The van der Waals surface area contributed by atoms with E-state index in [-0.39, 0.29) is 6.61 Å². The third-order valence-corrected chi connectivity index (χ3v) is 6.07. The number of likely N-dealkylation sites (N-methyl/N-ethyl adjacent to an activating group) is 1. The molecule has 1 aliphatic heterocycles. The summed E-state index contributed by atoms with van der Waals surface area (Å²) in [5, 5.41) is 19.1. The summed E-state index contributed by atoms with van der Waals surface area (Å²) in [6, 6.07) is 7.42. The van der Waals surface area contributed by atoms with E-state index < -0.39 is 17.9 Å². The van der Waals surface area contributed by atoms with Gasteiger partial charge in [0.05, 0.1) is 55.5 Å². The predicted molar refractivity (Wildman–Crippen MR) is 129 cm³/mol. The molecule has 2 atom stereocenters. The lowest BCUT2D eigenvalue weighted by atomic mass is 9.95. The number of hydrogen-bond acceptors (Lipinski definition) is 9. The number of aliphatic hydroxyl groups is 1. The number of carboxylic acids is 1. The average molecular weight is 474 g/mol. The number of carboxylic acid groups (broad SMARTS) is 1. The van der Waals surface area contributed by atoms with Crippen LogP contribution in [-0.4, -0.2) is 84.7 Å². The van der Waals surface area contributed by atoms with E-state index in [1.54, 1.807) is 14.0 Å². The fourth-order valence-corrected chi connectivity index (χ4v) is 4.08. The molecule has 186 valence electrons. The Hall–Kier alpha value is -2.79. The van der Waals surface area contributed by atoms with E-state index in [4.69, 9.17) is 25.2 Å². The molecule has 1 aromatic heterocycles. The van der Waals surface area contributed by atoms with Crippen LogP contribution in [-0.2, 0) is 20.9 Å². The number of benzene rings is 1. The SMILES string of the molecule is COCc1cccc(-c2nc(N3CCOCC3)nc(C(CC(C)C(=O)O)N(C)CCO)c2N)c1. The first-order chi connectivity index (χ1) is 16.3. The van der Waals surface area contributed by atoms with Gasteiger partial charge in [-0.15, -0.1) is 0 Å². The molecule has 0 aliphatic carbocycles. The molecule has 34 heavy (non-hydrogen) atoms. The Labute approximate surface area is 200 Å². The minimum atomic E-state index is -0.893. The number of hydrogen-bond donors (Lipinski definition) is 3. The van der Waals surface area contributed by atoms with Crippen molar-refractivity contribution in [3.05, 3.63) is 35.5 Å². The van der Waals surface area contributed by atoms with E-state index in [9.17, 15) is 15.0 Å². The number of nitrogens with two attached hydrogens (primary N) is 1. The molecule has 2 heterocycles. The quantitative estimate of drug-likeness (QED) is 0.443. The van der Waals surface area contributed by atoms with E-state index in [1.165, 1.54) is 0 Å². The monoisotopic (exact) mass is 473 g/mol. The van der Waals surface area contributed by atoms with Gasteiger partial charge in [0.1, 0.15) is 0 Å². The molecule has 0 spiro atoms. The van der Waals surface area contributed by atoms with Gasteiger partial charge in [-0.25, -0.2) is 9.97 Å². The number of aromatic nitrogens is 2. The van der Waals surface area contributed by atoms with Gasteiger partial charge in [-0.1, -0.05) is 25.1 Å². The minimum absolute atomic E-state index is 0.0678. The summed E-state index contributed by atoms with van der Waals surface area (Å²) in [4.78, 5) is 25.3. The highest BCUT2D eigenvalue weighted by atomic mass is 16.5. The van der Waals surface area contributed by atoms with Crippen molar-refractivity contribution in [2.24, 2.45) is 5.92 Å². The summed E-state index contributed by atoms with van der Waals surface area (Å²) in [5.41, 5.74) is 10.1. The van der Waals surface area contributed by atoms with E-state index in [0.29, 0.717) is 68.9 Å². The van der Waals surface area contributed by atoms with Gasteiger partial charge < -0.3 is 30.3 Å². The van der Waals surface area contributed by atoms with Crippen LogP contribution < -0.4 is 10.6 Å². The number of carbonyl (C=O) groups is 1. The summed E-state index contributed by atoms with van der Waals surface area (Å²) in [6.07, 6.45) is 0.290. The van der Waals surface area contributed by atoms with Crippen molar-refractivity contribution in [2.45, 2.75) is 26.0 Å². The smallest absolute Gasteiger partial charge is 0.306 e. The number of rotatable bonds is 11. The number of nitrogens with zero attached hydrogens (tertiary/aromatic N) is 4. The third kappa shape index (κ3) is 6.20. The number of nitrogen functional groups attached to an aromatic ring is 1. The molecule has 1 fully saturated rings. The Morgan fingerprint density at radius 3 is 2.71 bits per heavy atom. The zero-order valence-corrected chi connectivity index (χ0v) is 20.1. The van der Waals surface area contributed by atoms with Crippen molar-refractivity contribution in [2.75, 3.05) is 64.2 Å². The van der Waals surface area contributed by atoms with Gasteiger partial charge in [0.15, 0.2) is 0 Å². The molecule has 0 bridgehead atoms. The first-order valence-corrected chi connectivity index (χ1v) is 11.5. The van der Waals surface area contributed by atoms with Crippen LogP contribution in [0.15, 0.2) is 24.3 Å². The lowest BCUT2D eigenvalue weighted by Gasteiger charge is -2.32. The van der Waals surface area contributed by atoms with Crippen LogP contribution >= 0.6 is 0 Å². The third-order valence-electron chi connectivity index (χ3n) is 6.07. The zero-order chi connectivity index (χ0) is 24.7. The molecule has 2 aromatic rings. The molecule has 1 aromatic carbocycles. The minimum Gasteiger partial charge on any atom is -0.481 e. The van der Waals surface area contributed by atoms with Crippen molar-refractivity contribution in [3.8, 4) is 11.3 Å². The lowest BCUT2D eigenvalue weighted by Crippen LogP contribution is -2.38. The van der Waals surface area contributed by atoms with Crippen LogP contribution in [0, 0.1) is 5.92 Å². The molecule has 1 saturated heterocycles. The van der Waals surface area contributed by atoms with E-state index in [0.717, 1.165) is 11.1 Å². The molecule has 3 rings (SSSR count). The van der Waals surface area contributed by atoms with Crippen molar-refractivity contribution in [3.63, 3.8) is 0 Å². The highest BCUT2D eigenvalue weighted by Crippen LogP contribution is 2.36. The van der Waals surface area contributed by atoms with Crippen LogP contribution in [0.5, 0.6) is 0 Å². The molecule has 2 unspecified atom stereocenters. The first-order valence-electron chi connectivity index (χ1n) is 11.5. The normalized spacial score (nSPS) is 16.0. The van der Waals surface area contributed by atoms with Crippen molar-refractivity contribution < 1.29 is 24.5 Å². The Morgan fingerprint density at radius 2 is 2.06 bits per heavy atom. The molecular weight excluding hydrogens is 438 g/mol. The highest BCUT2D eigenvalue weighted by molar-refractivity contribution is 5.76. The maximum absolute atomic E-state index is 11.7. The van der Waals surface area contributed by atoms with Crippen molar-refractivity contribution in [1.29, 1.82) is 0 Å². The standard InChI is InChI=1S/C24H35N5O5/c1-16(23(31)32)13-19(28(2)7-10-30)22-20(25)21(18-6-4-5-17(14-18)15-33-3)26-24(27-22)29-8-11-34-12-9-29/h4-6,14,16,19,30H,7-13,15,25H2,1-3H3,(H,31,32). The van der Waals surface area contributed by atoms with Crippen LogP contribution in [0.25, 0.3) is 11.3 Å². The van der Waals surface area contributed by atoms with E-state index >= 15 is 0 Å². The zero-order valence-electron chi connectivity index (χ0n) is 20.1. The maximum atomic E-state index is 11.7. The van der Waals surface area contributed by atoms with Crippen LogP contribution in [0.4, 0.5) is 11.6 Å². The number of aliphatic hydroxyl groups excluding tert-OH is 1. The average Bonchev–Trinajstić information content (AvgIpc) is 2.83. The van der Waals surface area contributed by atoms with Gasteiger partial charge >= 0.3 is 5.97 Å². The fourth-order valence-electron chi connectivity index (χ4n) is 4.08. The molecule has 1 aliphatic rings. The lowest BCUT2D eigenvalue weighted by molar-refractivity contribution is -0.141. The molecule has 10 nitrogen and oxygen atoms in total. The predicted octanol–water partition coefficient (Wildman–Crippen LogP) is 1.78. The summed E-state index contributed by atoms with van der Waals surface area (Å²) in [5.74, 6) is -0.984.